The Bertz CT molecular complexity index is 810. The molecule has 1 saturated heterocycles. The van der Waals surface area contributed by atoms with Crippen LogP contribution in [0, 0.1) is 0 Å². The van der Waals surface area contributed by atoms with Gasteiger partial charge in [-0.25, -0.2) is 0 Å². The fraction of sp³-hybridized carbons (Fsp3) is 0.520. The summed E-state index contributed by atoms with van der Waals surface area (Å²) in [6.07, 6.45) is 6.43. The summed E-state index contributed by atoms with van der Waals surface area (Å²) in [6, 6.07) is 17.8. The molecule has 1 N–H and O–H groups in total. The van der Waals surface area contributed by atoms with E-state index in [4.69, 9.17) is 4.74 Å². The summed E-state index contributed by atoms with van der Waals surface area (Å²) in [7, 11) is 0. The molecule has 3 heterocycles. The fourth-order valence-electron chi connectivity index (χ4n) is 5.56. The van der Waals surface area contributed by atoms with Crippen LogP contribution in [0.3, 0.4) is 0 Å². The molecule has 0 radical (unpaired) electrons. The van der Waals surface area contributed by atoms with Crippen molar-refractivity contribution < 1.29 is 4.74 Å². The van der Waals surface area contributed by atoms with Crippen molar-refractivity contribution in [3.05, 3.63) is 65.2 Å². The largest absolute Gasteiger partial charge is 0.384 e. The molecule has 1 fully saturated rings. The minimum Gasteiger partial charge on any atom is -0.384 e. The maximum atomic E-state index is 5.98. The molecule has 0 amide bonds. The van der Waals surface area contributed by atoms with Gasteiger partial charge in [0.2, 0.25) is 0 Å². The molecule has 1 atom stereocenters. The van der Waals surface area contributed by atoms with Crippen molar-refractivity contribution in [2.24, 2.45) is 0 Å². The second kappa shape index (κ2) is 7.88. The van der Waals surface area contributed by atoms with E-state index in [1.807, 2.05) is 0 Å². The number of ether oxygens (including phenoxy) is 1. The van der Waals surface area contributed by atoms with Gasteiger partial charge in [-0.3, -0.25) is 0 Å². The minimum absolute atomic E-state index is 0.268. The number of para-hydroxylation sites is 1. The van der Waals surface area contributed by atoms with Crippen LogP contribution in [0.2, 0.25) is 0 Å². The molecule has 0 aliphatic carbocycles. The van der Waals surface area contributed by atoms with Crippen molar-refractivity contribution in [2.75, 3.05) is 38.1 Å². The molecule has 2 aromatic rings. The number of likely N-dealkylation sites (tertiary alicyclic amines) is 1. The lowest BCUT2D eigenvalue weighted by atomic mass is 9.70. The van der Waals surface area contributed by atoms with Gasteiger partial charge >= 0.3 is 0 Å². The standard InChI is InChI=1S/C25H32N2O/c1-3-10-23-21(8-1)18-28-19-25(23)12-15-27(16-13-25)14-6-5-7-20-17-26-24-11-4-2-9-22(20)24/h1-4,8-11,20,26H,5-7,12-19H2. The number of anilines is 1. The van der Waals surface area contributed by atoms with Gasteiger partial charge in [-0.05, 0) is 68.1 Å². The van der Waals surface area contributed by atoms with Crippen LogP contribution in [0.15, 0.2) is 48.5 Å². The Morgan fingerprint density at radius 3 is 2.75 bits per heavy atom. The molecular weight excluding hydrogens is 344 g/mol. The van der Waals surface area contributed by atoms with Crippen LogP contribution in [0.5, 0.6) is 0 Å². The maximum Gasteiger partial charge on any atom is 0.0720 e. The van der Waals surface area contributed by atoms with Crippen molar-refractivity contribution >= 4 is 5.69 Å². The highest BCUT2D eigenvalue weighted by Gasteiger charge is 2.39. The molecule has 5 rings (SSSR count). The van der Waals surface area contributed by atoms with E-state index < -0.39 is 0 Å². The third-order valence-corrected chi connectivity index (χ3v) is 7.25. The van der Waals surface area contributed by atoms with E-state index in [9.17, 15) is 0 Å². The van der Waals surface area contributed by atoms with Crippen molar-refractivity contribution in [2.45, 2.75) is 50.0 Å². The van der Waals surface area contributed by atoms with Gasteiger partial charge in [0.15, 0.2) is 0 Å². The average Bonchev–Trinajstić information content (AvgIpc) is 3.16. The maximum absolute atomic E-state index is 5.98. The highest BCUT2D eigenvalue weighted by molar-refractivity contribution is 5.57. The van der Waals surface area contributed by atoms with Crippen molar-refractivity contribution in [3.8, 4) is 0 Å². The van der Waals surface area contributed by atoms with Gasteiger partial charge < -0.3 is 15.0 Å². The van der Waals surface area contributed by atoms with Gasteiger partial charge in [0, 0.05) is 23.6 Å². The van der Waals surface area contributed by atoms with Crippen LogP contribution in [0.4, 0.5) is 5.69 Å². The first-order chi connectivity index (χ1) is 13.8. The van der Waals surface area contributed by atoms with E-state index in [-0.39, 0.29) is 5.41 Å². The van der Waals surface area contributed by atoms with Crippen LogP contribution < -0.4 is 5.32 Å². The number of benzene rings is 2. The summed E-state index contributed by atoms with van der Waals surface area (Å²) in [5, 5.41) is 3.56. The number of nitrogens with zero attached hydrogens (tertiary/aromatic N) is 1. The molecule has 3 nitrogen and oxygen atoms in total. The Hall–Kier alpha value is -1.84. The van der Waals surface area contributed by atoms with Gasteiger partial charge in [0.25, 0.3) is 0 Å². The second-order valence-electron chi connectivity index (χ2n) is 8.93. The monoisotopic (exact) mass is 376 g/mol. The van der Waals surface area contributed by atoms with Crippen LogP contribution in [-0.2, 0) is 16.8 Å². The van der Waals surface area contributed by atoms with Crippen molar-refractivity contribution in [3.63, 3.8) is 0 Å². The van der Waals surface area contributed by atoms with Gasteiger partial charge in [-0.1, -0.05) is 48.9 Å². The van der Waals surface area contributed by atoms with Crippen LogP contribution in [0.25, 0.3) is 0 Å². The summed E-state index contributed by atoms with van der Waals surface area (Å²) < 4.78 is 5.98. The molecule has 0 saturated carbocycles. The summed E-state index contributed by atoms with van der Waals surface area (Å²) >= 11 is 0. The lowest BCUT2D eigenvalue weighted by molar-refractivity contribution is 0.0185. The van der Waals surface area contributed by atoms with Gasteiger partial charge in [-0.15, -0.1) is 0 Å². The number of hydrogen-bond donors (Lipinski definition) is 1. The molecule has 3 heteroatoms. The number of nitrogens with one attached hydrogen (secondary N) is 1. The molecule has 3 aliphatic rings. The average molecular weight is 377 g/mol. The Balaban J connectivity index is 1.09. The second-order valence-corrected chi connectivity index (χ2v) is 8.93. The quantitative estimate of drug-likeness (QED) is 0.749. The van der Waals surface area contributed by atoms with E-state index in [1.54, 1.807) is 5.56 Å². The number of rotatable bonds is 5. The topological polar surface area (TPSA) is 24.5 Å². The Labute approximate surface area is 169 Å². The number of hydrogen-bond acceptors (Lipinski definition) is 3. The molecular formula is C25H32N2O. The van der Waals surface area contributed by atoms with E-state index in [1.165, 1.54) is 68.6 Å². The summed E-state index contributed by atoms with van der Waals surface area (Å²) in [5.74, 6) is 0.705. The van der Waals surface area contributed by atoms with Gasteiger partial charge in [-0.2, -0.15) is 0 Å². The summed E-state index contributed by atoms with van der Waals surface area (Å²) in [5.41, 5.74) is 6.12. The zero-order valence-electron chi connectivity index (χ0n) is 16.8. The summed E-state index contributed by atoms with van der Waals surface area (Å²) in [4.78, 5) is 2.68. The van der Waals surface area contributed by atoms with E-state index in [2.05, 4.69) is 58.7 Å². The van der Waals surface area contributed by atoms with Crippen molar-refractivity contribution in [1.29, 1.82) is 0 Å². The smallest absolute Gasteiger partial charge is 0.0720 e. The third-order valence-electron chi connectivity index (χ3n) is 7.25. The Morgan fingerprint density at radius 1 is 1.00 bits per heavy atom. The van der Waals surface area contributed by atoms with E-state index in [0.717, 1.165) is 19.8 Å². The van der Waals surface area contributed by atoms with Gasteiger partial charge in [0.1, 0.15) is 0 Å². The normalized spacial score (nSPS) is 23.2. The van der Waals surface area contributed by atoms with Crippen molar-refractivity contribution in [1.82, 2.24) is 4.90 Å². The Kier molecular flexibility index (Phi) is 5.13. The highest BCUT2D eigenvalue weighted by Crippen LogP contribution is 2.41. The predicted octanol–water partition coefficient (Wildman–Crippen LogP) is 4.93. The molecule has 2 aromatic carbocycles. The number of unbranched alkanes of at least 4 members (excludes halogenated alkanes) is 1. The zero-order chi connectivity index (χ0) is 18.8. The van der Waals surface area contributed by atoms with Gasteiger partial charge in [0.05, 0.1) is 13.2 Å². The third kappa shape index (κ3) is 3.46. The molecule has 0 aromatic heterocycles. The molecule has 148 valence electrons. The van der Waals surface area contributed by atoms with E-state index in [0.29, 0.717) is 5.92 Å². The SMILES string of the molecule is c1ccc2c(c1)COCC21CCN(CCCCC2CNc3ccccc32)CC1. The lowest BCUT2D eigenvalue weighted by Crippen LogP contribution is -2.47. The fourth-order valence-corrected chi connectivity index (χ4v) is 5.56. The summed E-state index contributed by atoms with van der Waals surface area (Å²) in [6.45, 7) is 6.50. The molecule has 3 aliphatic heterocycles. The first-order valence-electron chi connectivity index (χ1n) is 11.1. The Morgan fingerprint density at radius 2 is 1.82 bits per heavy atom. The number of piperidine rings is 1. The van der Waals surface area contributed by atoms with Crippen LogP contribution in [-0.4, -0.2) is 37.7 Å². The van der Waals surface area contributed by atoms with E-state index >= 15 is 0 Å². The predicted molar refractivity (Wildman–Crippen MR) is 115 cm³/mol. The lowest BCUT2D eigenvalue weighted by Gasteiger charge is -2.45. The molecule has 1 unspecified atom stereocenters. The molecule has 1 spiro atoms. The highest BCUT2D eigenvalue weighted by atomic mass is 16.5. The zero-order valence-corrected chi connectivity index (χ0v) is 16.8. The minimum atomic E-state index is 0.268. The first kappa shape index (κ1) is 18.2. The molecule has 28 heavy (non-hydrogen) atoms. The number of fused-ring (bicyclic) bond motifs is 3. The van der Waals surface area contributed by atoms with Crippen LogP contribution in [0.1, 0.15) is 54.7 Å². The van der Waals surface area contributed by atoms with Crippen LogP contribution >= 0.6 is 0 Å². The molecule has 0 bridgehead atoms. The first-order valence-corrected chi connectivity index (χ1v) is 11.1.